The number of benzene rings is 2. The fraction of sp³-hybridized carbons (Fsp3) is 0.0625. The third-order valence-corrected chi connectivity index (χ3v) is 4.44. The predicted molar refractivity (Wildman–Crippen MR) is 96.3 cm³/mol. The number of thioether (sulfide) groups is 1. The van der Waals surface area contributed by atoms with Gasteiger partial charge in [-0.15, -0.1) is 5.10 Å². The summed E-state index contributed by atoms with van der Waals surface area (Å²) in [5.41, 5.74) is 6.22. The first-order chi connectivity index (χ1) is 11.6. The van der Waals surface area contributed by atoms with Crippen molar-refractivity contribution in [1.29, 1.82) is 0 Å². The molecule has 2 aromatic carbocycles. The van der Waals surface area contributed by atoms with Gasteiger partial charge in [0.15, 0.2) is 5.82 Å². The lowest BCUT2D eigenvalue weighted by Crippen LogP contribution is -2.27. The van der Waals surface area contributed by atoms with Crippen molar-refractivity contribution in [3.8, 4) is 0 Å². The standard InChI is InChI=1S/C16H14ClN5OS/c17-10-5-4-6-11(9-10)19-15(24-12-7-2-1-3-8-12)13(23)14-20-16(18)22-21-14/h1-9,15,19H,(H3,18,20,21,22). The summed E-state index contributed by atoms with van der Waals surface area (Å²) in [7, 11) is 0. The average molecular weight is 360 g/mol. The van der Waals surface area contributed by atoms with Gasteiger partial charge in [-0.3, -0.25) is 9.89 Å². The smallest absolute Gasteiger partial charge is 0.239 e. The molecular formula is C16H14ClN5OS. The van der Waals surface area contributed by atoms with Gasteiger partial charge in [0, 0.05) is 15.6 Å². The highest BCUT2D eigenvalue weighted by atomic mass is 35.5. The minimum absolute atomic E-state index is 0.0320. The van der Waals surface area contributed by atoms with Gasteiger partial charge in [0.25, 0.3) is 0 Å². The lowest BCUT2D eigenvalue weighted by atomic mass is 10.3. The highest BCUT2D eigenvalue weighted by molar-refractivity contribution is 8.00. The summed E-state index contributed by atoms with van der Waals surface area (Å²) in [6.45, 7) is 0. The highest BCUT2D eigenvalue weighted by Gasteiger charge is 2.24. The van der Waals surface area contributed by atoms with E-state index in [1.165, 1.54) is 11.8 Å². The van der Waals surface area contributed by atoms with Crippen LogP contribution in [0.3, 0.4) is 0 Å². The minimum atomic E-state index is -0.613. The van der Waals surface area contributed by atoms with E-state index in [0.29, 0.717) is 5.02 Å². The maximum Gasteiger partial charge on any atom is 0.239 e. The Hall–Kier alpha value is -2.51. The zero-order chi connectivity index (χ0) is 16.9. The molecule has 3 rings (SSSR count). The number of carbonyl (C=O) groups excluding carboxylic acids is 1. The fourth-order valence-electron chi connectivity index (χ4n) is 2.02. The van der Waals surface area contributed by atoms with Gasteiger partial charge in [0.1, 0.15) is 5.37 Å². The van der Waals surface area contributed by atoms with E-state index in [1.54, 1.807) is 12.1 Å². The van der Waals surface area contributed by atoms with E-state index in [9.17, 15) is 4.79 Å². The molecule has 0 aliphatic rings. The van der Waals surface area contributed by atoms with Crippen LogP contribution in [0.5, 0.6) is 0 Å². The van der Waals surface area contributed by atoms with E-state index >= 15 is 0 Å². The lowest BCUT2D eigenvalue weighted by Gasteiger charge is -2.17. The van der Waals surface area contributed by atoms with Crippen LogP contribution in [0.15, 0.2) is 59.5 Å². The molecule has 3 aromatic rings. The quantitative estimate of drug-likeness (QED) is 0.354. The Labute approximate surface area is 147 Å². The number of hydrogen-bond donors (Lipinski definition) is 3. The van der Waals surface area contributed by atoms with Crippen LogP contribution in [0.1, 0.15) is 10.6 Å². The molecule has 0 bridgehead atoms. The number of halogens is 1. The summed E-state index contributed by atoms with van der Waals surface area (Å²) in [6.07, 6.45) is 0. The molecule has 0 fully saturated rings. The summed E-state index contributed by atoms with van der Waals surface area (Å²) in [5.74, 6) is -0.118. The fourth-order valence-corrected chi connectivity index (χ4v) is 3.21. The van der Waals surface area contributed by atoms with Gasteiger partial charge in [-0.1, -0.05) is 47.6 Å². The monoisotopic (exact) mass is 359 g/mol. The number of nitrogens with one attached hydrogen (secondary N) is 2. The van der Waals surface area contributed by atoms with Crippen molar-refractivity contribution in [1.82, 2.24) is 15.2 Å². The molecule has 8 heteroatoms. The molecular weight excluding hydrogens is 346 g/mol. The van der Waals surface area contributed by atoms with Gasteiger partial charge >= 0.3 is 0 Å². The summed E-state index contributed by atoms with van der Waals surface area (Å²) < 4.78 is 0. The van der Waals surface area contributed by atoms with Gasteiger partial charge in [-0.25, -0.2) is 0 Å². The van der Waals surface area contributed by atoms with Crippen LogP contribution in [-0.2, 0) is 0 Å². The van der Waals surface area contributed by atoms with Crippen LogP contribution in [-0.4, -0.2) is 26.3 Å². The number of nitrogens with two attached hydrogens (primary N) is 1. The second-order valence-electron chi connectivity index (χ2n) is 4.87. The molecule has 0 saturated carbocycles. The first-order valence-electron chi connectivity index (χ1n) is 7.08. The first-order valence-corrected chi connectivity index (χ1v) is 8.33. The molecule has 122 valence electrons. The maximum atomic E-state index is 12.7. The van der Waals surface area contributed by atoms with Crippen LogP contribution < -0.4 is 11.1 Å². The Morgan fingerprint density at radius 3 is 2.67 bits per heavy atom. The molecule has 1 aromatic heterocycles. The zero-order valence-electron chi connectivity index (χ0n) is 12.4. The number of aromatic nitrogens is 3. The molecule has 0 aliphatic heterocycles. The molecule has 0 amide bonds. The second-order valence-corrected chi connectivity index (χ2v) is 6.49. The van der Waals surface area contributed by atoms with Crippen molar-refractivity contribution >= 4 is 40.8 Å². The number of rotatable bonds is 6. The number of nitrogens with zero attached hydrogens (tertiary/aromatic N) is 2. The molecule has 0 aliphatic carbocycles. The SMILES string of the molecule is Nc1n[nH]c(C(=O)C(Nc2cccc(Cl)c2)Sc2ccccc2)n1. The number of ketones is 1. The number of aromatic amines is 1. The number of carbonyl (C=O) groups is 1. The van der Waals surface area contributed by atoms with Crippen LogP contribution in [0.25, 0.3) is 0 Å². The molecule has 0 spiro atoms. The van der Waals surface area contributed by atoms with Gasteiger partial charge in [-0.2, -0.15) is 4.98 Å². The van der Waals surface area contributed by atoms with Crippen LogP contribution in [0.4, 0.5) is 11.6 Å². The number of anilines is 2. The summed E-state index contributed by atoms with van der Waals surface area (Å²) in [5, 5.41) is 9.41. The van der Waals surface area contributed by atoms with Crippen LogP contribution in [0.2, 0.25) is 5.02 Å². The van der Waals surface area contributed by atoms with Crippen LogP contribution >= 0.6 is 23.4 Å². The summed E-state index contributed by atoms with van der Waals surface area (Å²) >= 11 is 7.38. The van der Waals surface area contributed by atoms with Crippen molar-refractivity contribution in [2.24, 2.45) is 0 Å². The average Bonchev–Trinajstić information content (AvgIpc) is 3.01. The van der Waals surface area contributed by atoms with Crippen molar-refractivity contribution in [2.45, 2.75) is 10.3 Å². The summed E-state index contributed by atoms with van der Waals surface area (Å²) in [6, 6.07) is 16.8. The third kappa shape index (κ3) is 4.06. The van der Waals surface area contributed by atoms with E-state index < -0.39 is 5.37 Å². The number of H-pyrrole nitrogens is 1. The lowest BCUT2D eigenvalue weighted by molar-refractivity contribution is 0.0987. The van der Waals surface area contributed by atoms with E-state index in [-0.39, 0.29) is 17.6 Å². The first kappa shape index (κ1) is 16.4. The molecule has 1 unspecified atom stereocenters. The van der Waals surface area contributed by atoms with Crippen molar-refractivity contribution in [3.05, 3.63) is 65.4 Å². The Balaban J connectivity index is 1.86. The molecule has 4 N–H and O–H groups in total. The molecule has 1 atom stereocenters. The van der Waals surface area contributed by atoms with Gasteiger partial charge < -0.3 is 11.1 Å². The largest absolute Gasteiger partial charge is 0.366 e. The topological polar surface area (TPSA) is 96.7 Å². The van der Waals surface area contributed by atoms with Gasteiger partial charge in [-0.05, 0) is 30.3 Å². The minimum Gasteiger partial charge on any atom is -0.366 e. The molecule has 0 saturated heterocycles. The third-order valence-electron chi connectivity index (χ3n) is 3.09. The molecule has 1 heterocycles. The van der Waals surface area contributed by atoms with Gasteiger partial charge in [0.2, 0.25) is 11.7 Å². The molecule has 24 heavy (non-hydrogen) atoms. The Morgan fingerprint density at radius 1 is 1.21 bits per heavy atom. The van der Waals surface area contributed by atoms with Crippen molar-refractivity contribution < 1.29 is 4.79 Å². The van der Waals surface area contributed by atoms with E-state index in [1.807, 2.05) is 42.5 Å². The van der Waals surface area contributed by atoms with E-state index in [0.717, 1.165) is 10.6 Å². The number of Topliss-reactive ketones (excluding diaryl/α,β-unsaturated/α-hetero) is 1. The van der Waals surface area contributed by atoms with Crippen molar-refractivity contribution in [2.75, 3.05) is 11.1 Å². The number of nitrogen functional groups attached to an aromatic ring is 1. The van der Waals surface area contributed by atoms with Crippen LogP contribution in [0, 0.1) is 0 Å². The van der Waals surface area contributed by atoms with Crippen molar-refractivity contribution in [3.63, 3.8) is 0 Å². The number of hydrogen-bond acceptors (Lipinski definition) is 6. The molecule has 0 radical (unpaired) electrons. The highest BCUT2D eigenvalue weighted by Crippen LogP contribution is 2.27. The maximum absolute atomic E-state index is 12.7. The Kier molecular flexibility index (Phi) is 5.02. The Bertz CT molecular complexity index is 839. The van der Waals surface area contributed by atoms with Gasteiger partial charge in [0.05, 0.1) is 0 Å². The molecule has 6 nitrogen and oxygen atoms in total. The zero-order valence-corrected chi connectivity index (χ0v) is 14.0. The predicted octanol–water partition coefficient (Wildman–Crippen LogP) is 3.45. The van der Waals surface area contributed by atoms with E-state index in [2.05, 4.69) is 20.5 Å². The summed E-state index contributed by atoms with van der Waals surface area (Å²) in [4.78, 5) is 17.6. The Morgan fingerprint density at radius 2 is 2.00 bits per heavy atom. The van der Waals surface area contributed by atoms with E-state index in [4.69, 9.17) is 17.3 Å². The normalized spacial score (nSPS) is 11.9. The second kappa shape index (κ2) is 7.37.